The Hall–Kier alpha value is -1.25. The summed E-state index contributed by atoms with van der Waals surface area (Å²) in [6, 6.07) is 0. The van der Waals surface area contributed by atoms with E-state index in [-0.39, 0.29) is 5.76 Å². The molecule has 0 aliphatic carbocycles. The highest BCUT2D eigenvalue weighted by molar-refractivity contribution is 5.90. The van der Waals surface area contributed by atoms with Gasteiger partial charge in [-0.25, -0.2) is 4.79 Å². The van der Waals surface area contributed by atoms with Crippen LogP contribution in [0.4, 0.5) is 0 Å². The molecule has 1 heterocycles. The average Bonchev–Trinajstić information content (AvgIpc) is 2.10. The molecule has 0 saturated carbocycles. The van der Waals surface area contributed by atoms with Crippen molar-refractivity contribution in [1.29, 1.82) is 0 Å². The van der Waals surface area contributed by atoms with Crippen LogP contribution in [0, 0.1) is 0 Å². The van der Waals surface area contributed by atoms with Gasteiger partial charge in [0.1, 0.15) is 5.76 Å². The Morgan fingerprint density at radius 2 is 2.44 bits per heavy atom. The second-order valence-corrected chi connectivity index (χ2v) is 1.57. The quantitative estimate of drug-likeness (QED) is 0.482. The van der Waals surface area contributed by atoms with Crippen molar-refractivity contribution in [1.82, 2.24) is 0 Å². The third-order valence-corrected chi connectivity index (χ3v) is 0.937. The van der Waals surface area contributed by atoms with E-state index in [2.05, 4.69) is 16.1 Å². The van der Waals surface area contributed by atoms with E-state index in [1.54, 1.807) is 0 Å². The van der Waals surface area contributed by atoms with Gasteiger partial charge in [-0.3, -0.25) is 0 Å². The Bertz CT molecular complexity index is 190. The molecule has 0 bridgehead atoms. The van der Waals surface area contributed by atoms with Crippen LogP contribution in [0.15, 0.2) is 24.2 Å². The van der Waals surface area contributed by atoms with Gasteiger partial charge in [0.25, 0.3) is 0 Å². The molecule has 0 aromatic rings. The zero-order valence-corrected chi connectivity index (χ0v) is 5.01. The van der Waals surface area contributed by atoms with Gasteiger partial charge in [-0.05, 0) is 0 Å². The highest BCUT2D eigenvalue weighted by Crippen LogP contribution is 2.14. The molecule has 0 fully saturated rings. The lowest BCUT2D eigenvalue weighted by molar-refractivity contribution is -0.136. The number of esters is 1. The smallest absolute Gasteiger partial charge is 0.379 e. The summed E-state index contributed by atoms with van der Waals surface area (Å²) in [4.78, 5) is 10.5. The van der Waals surface area contributed by atoms with E-state index in [0.717, 1.165) is 0 Å². The van der Waals surface area contributed by atoms with Crippen LogP contribution in [0.1, 0.15) is 0 Å². The van der Waals surface area contributed by atoms with Crippen LogP contribution in [0.25, 0.3) is 0 Å². The lowest BCUT2D eigenvalue weighted by Gasteiger charge is -1.92. The topological polar surface area (TPSA) is 35.5 Å². The molecule has 1 aliphatic heterocycles. The number of allylic oxidation sites excluding steroid dienone is 1. The van der Waals surface area contributed by atoms with Crippen molar-refractivity contribution in [2.75, 3.05) is 7.11 Å². The first-order valence-corrected chi connectivity index (χ1v) is 2.41. The van der Waals surface area contributed by atoms with Crippen molar-refractivity contribution >= 4 is 5.97 Å². The summed E-state index contributed by atoms with van der Waals surface area (Å²) in [6.07, 6.45) is 1.45. The van der Waals surface area contributed by atoms with Gasteiger partial charge in [0.05, 0.1) is 7.11 Å². The minimum atomic E-state index is -0.470. The third kappa shape index (κ3) is 0.937. The minimum absolute atomic E-state index is 0.208. The van der Waals surface area contributed by atoms with Crippen LogP contribution in [0.5, 0.6) is 0 Å². The van der Waals surface area contributed by atoms with Gasteiger partial charge in [-0.2, -0.15) is 0 Å². The number of hydrogen-bond acceptors (Lipinski definition) is 3. The SMILES string of the molecule is C=C1C=C(OC)C(=O)O1. The van der Waals surface area contributed by atoms with Crippen molar-refractivity contribution < 1.29 is 14.3 Å². The second kappa shape index (κ2) is 1.93. The first-order valence-electron chi connectivity index (χ1n) is 2.41. The maximum absolute atomic E-state index is 10.5. The molecule has 0 saturated heterocycles. The summed E-state index contributed by atoms with van der Waals surface area (Å²) in [6.45, 7) is 3.40. The number of cyclic esters (lactones) is 1. The molecule has 9 heavy (non-hydrogen) atoms. The van der Waals surface area contributed by atoms with Crippen LogP contribution in [0.2, 0.25) is 0 Å². The largest absolute Gasteiger partial charge is 0.490 e. The molecule has 3 nitrogen and oxygen atoms in total. The standard InChI is InChI=1S/C6H6O3/c1-4-3-5(8-2)6(7)9-4/h3H,1H2,2H3. The molecule has 0 N–H and O–H groups in total. The average molecular weight is 126 g/mol. The molecule has 3 heteroatoms. The minimum Gasteiger partial charge on any atom is -0.490 e. The molecule has 0 amide bonds. The number of carbonyl (C=O) groups is 1. The van der Waals surface area contributed by atoms with Gasteiger partial charge in [0, 0.05) is 6.08 Å². The summed E-state index contributed by atoms with van der Waals surface area (Å²) >= 11 is 0. The van der Waals surface area contributed by atoms with Crippen LogP contribution in [-0.4, -0.2) is 13.1 Å². The van der Waals surface area contributed by atoms with Crippen molar-refractivity contribution in [3.63, 3.8) is 0 Å². The van der Waals surface area contributed by atoms with Crippen molar-refractivity contribution in [2.24, 2.45) is 0 Å². The summed E-state index contributed by atoms with van der Waals surface area (Å²) in [5, 5.41) is 0. The van der Waals surface area contributed by atoms with Crippen molar-refractivity contribution in [3.8, 4) is 0 Å². The first kappa shape index (κ1) is 5.88. The Kier molecular flexibility index (Phi) is 1.26. The monoisotopic (exact) mass is 126 g/mol. The van der Waals surface area contributed by atoms with Gasteiger partial charge in [-0.1, -0.05) is 6.58 Å². The van der Waals surface area contributed by atoms with Crippen LogP contribution < -0.4 is 0 Å². The third-order valence-electron chi connectivity index (χ3n) is 0.937. The second-order valence-electron chi connectivity index (χ2n) is 1.57. The van der Waals surface area contributed by atoms with Crippen molar-refractivity contribution in [3.05, 3.63) is 24.2 Å². The zero-order chi connectivity index (χ0) is 6.85. The van der Waals surface area contributed by atoms with E-state index in [0.29, 0.717) is 5.76 Å². The lowest BCUT2D eigenvalue weighted by atomic mass is 10.5. The lowest BCUT2D eigenvalue weighted by Crippen LogP contribution is -1.99. The number of ether oxygens (including phenoxy) is 2. The molecule has 0 atom stereocenters. The van der Waals surface area contributed by atoms with Crippen molar-refractivity contribution in [2.45, 2.75) is 0 Å². The Morgan fingerprint density at radius 3 is 2.67 bits per heavy atom. The molecule has 0 radical (unpaired) electrons. The van der Waals surface area contributed by atoms with E-state index >= 15 is 0 Å². The predicted molar refractivity (Wildman–Crippen MR) is 30.3 cm³/mol. The van der Waals surface area contributed by atoms with Gasteiger partial charge < -0.3 is 9.47 Å². The highest BCUT2D eigenvalue weighted by Gasteiger charge is 2.19. The summed E-state index contributed by atoms with van der Waals surface area (Å²) in [5.74, 6) is 0.0688. The van der Waals surface area contributed by atoms with Crippen LogP contribution in [0.3, 0.4) is 0 Å². The fourth-order valence-corrected chi connectivity index (χ4v) is 0.546. The summed E-state index contributed by atoms with van der Waals surface area (Å²) in [7, 11) is 1.41. The first-order chi connectivity index (χ1) is 4.24. The molecule has 48 valence electrons. The summed E-state index contributed by atoms with van der Waals surface area (Å²) in [5.41, 5.74) is 0. The fourth-order valence-electron chi connectivity index (χ4n) is 0.546. The van der Waals surface area contributed by atoms with Crippen LogP contribution in [-0.2, 0) is 14.3 Å². The van der Waals surface area contributed by atoms with Gasteiger partial charge in [-0.15, -0.1) is 0 Å². The number of methoxy groups -OCH3 is 1. The van der Waals surface area contributed by atoms with Gasteiger partial charge in [0.15, 0.2) is 0 Å². The van der Waals surface area contributed by atoms with E-state index in [1.165, 1.54) is 13.2 Å². The fraction of sp³-hybridized carbons (Fsp3) is 0.167. The highest BCUT2D eigenvalue weighted by atomic mass is 16.6. The number of hydrogen-bond donors (Lipinski definition) is 0. The van der Waals surface area contributed by atoms with E-state index in [4.69, 9.17) is 0 Å². The molecule has 0 unspecified atom stereocenters. The van der Waals surface area contributed by atoms with Crippen LogP contribution >= 0.6 is 0 Å². The molecule has 0 aromatic carbocycles. The Balaban J connectivity index is 2.80. The van der Waals surface area contributed by atoms with E-state index in [9.17, 15) is 4.79 Å². The molecular weight excluding hydrogens is 120 g/mol. The predicted octanol–water partition coefficient (Wildman–Crippen LogP) is 0.587. The van der Waals surface area contributed by atoms with Gasteiger partial charge in [0.2, 0.25) is 5.76 Å². The van der Waals surface area contributed by atoms with E-state index < -0.39 is 5.97 Å². The molecule has 0 aromatic heterocycles. The number of carbonyl (C=O) groups excluding carboxylic acids is 1. The van der Waals surface area contributed by atoms with E-state index in [1.807, 2.05) is 0 Å². The zero-order valence-electron chi connectivity index (χ0n) is 5.01. The molecule has 1 aliphatic rings. The molecular formula is C6H6O3. The molecule has 1 rings (SSSR count). The maximum atomic E-state index is 10.5. The maximum Gasteiger partial charge on any atom is 0.379 e. The summed E-state index contributed by atoms with van der Waals surface area (Å²) < 4.78 is 9.13. The Labute approximate surface area is 52.6 Å². The van der Waals surface area contributed by atoms with Gasteiger partial charge >= 0.3 is 5.97 Å². The Morgan fingerprint density at radius 1 is 1.78 bits per heavy atom. The number of rotatable bonds is 1. The molecule has 0 spiro atoms. The normalized spacial score (nSPS) is 17.2.